The highest BCUT2D eigenvalue weighted by atomic mass is 16.6. The van der Waals surface area contributed by atoms with Gasteiger partial charge in [-0.1, -0.05) is 13.3 Å². The van der Waals surface area contributed by atoms with E-state index in [2.05, 4.69) is 17.0 Å². The zero-order chi connectivity index (χ0) is 18.2. The summed E-state index contributed by atoms with van der Waals surface area (Å²) < 4.78 is 10.2. The summed E-state index contributed by atoms with van der Waals surface area (Å²) in [5.74, 6) is 0.175. The molecule has 0 amide bonds. The Balaban J connectivity index is 2.20. The smallest absolute Gasteiger partial charge is 0.337 e. The topological polar surface area (TPSA) is 90.7 Å². The number of rotatable bonds is 8. The van der Waals surface area contributed by atoms with E-state index >= 15 is 0 Å². The van der Waals surface area contributed by atoms with E-state index < -0.39 is 10.9 Å². The molecule has 25 heavy (non-hydrogen) atoms. The maximum absolute atomic E-state index is 11.6. The molecule has 0 aliphatic rings. The van der Waals surface area contributed by atoms with Gasteiger partial charge in [0.05, 0.1) is 24.2 Å². The van der Waals surface area contributed by atoms with Crippen molar-refractivity contribution in [3.63, 3.8) is 0 Å². The van der Waals surface area contributed by atoms with Gasteiger partial charge in [0.1, 0.15) is 11.4 Å². The van der Waals surface area contributed by atoms with Crippen LogP contribution in [0.1, 0.15) is 30.1 Å². The minimum Gasteiger partial charge on any atom is -0.494 e. The van der Waals surface area contributed by atoms with Crippen LogP contribution in [-0.2, 0) is 4.74 Å². The second kappa shape index (κ2) is 8.68. The Bertz CT molecular complexity index is 744. The molecule has 7 nitrogen and oxygen atoms in total. The number of methoxy groups -OCH3 is 1. The molecule has 0 aromatic heterocycles. The number of esters is 1. The van der Waals surface area contributed by atoms with Crippen molar-refractivity contribution in [2.24, 2.45) is 0 Å². The summed E-state index contributed by atoms with van der Waals surface area (Å²) in [4.78, 5) is 22.3. The summed E-state index contributed by atoms with van der Waals surface area (Å²) in [5.41, 5.74) is 0.964. The number of hydrogen-bond donors (Lipinski definition) is 1. The van der Waals surface area contributed by atoms with Gasteiger partial charge in [-0.2, -0.15) is 0 Å². The summed E-state index contributed by atoms with van der Waals surface area (Å²) in [6.07, 6.45) is 2.03. The molecule has 0 bridgehead atoms. The van der Waals surface area contributed by atoms with Crippen LogP contribution in [-0.4, -0.2) is 24.6 Å². The summed E-state index contributed by atoms with van der Waals surface area (Å²) in [5, 5.41) is 14.2. The van der Waals surface area contributed by atoms with Crippen LogP contribution < -0.4 is 10.1 Å². The van der Waals surface area contributed by atoms with E-state index in [1.165, 1.54) is 25.3 Å². The second-order valence-electron chi connectivity index (χ2n) is 5.33. The lowest BCUT2D eigenvalue weighted by Gasteiger charge is -2.10. The number of ether oxygens (including phenoxy) is 2. The number of nitro groups is 1. The number of carbonyl (C=O) groups is 1. The molecule has 0 saturated carbocycles. The van der Waals surface area contributed by atoms with Crippen molar-refractivity contribution in [2.75, 3.05) is 19.0 Å². The van der Waals surface area contributed by atoms with Crippen molar-refractivity contribution >= 4 is 23.0 Å². The first-order chi connectivity index (χ1) is 12.0. The molecule has 0 aliphatic heterocycles. The van der Waals surface area contributed by atoms with Gasteiger partial charge in [0.15, 0.2) is 0 Å². The van der Waals surface area contributed by atoms with Gasteiger partial charge in [-0.15, -0.1) is 0 Å². The van der Waals surface area contributed by atoms with Crippen LogP contribution in [0.3, 0.4) is 0 Å². The van der Waals surface area contributed by atoms with E-state index in [1.807, 2.05) is 0 Å². The number of anilines is 2. The third-order valence-corrected chi connectivity index (χ3v) is 3.51. The third-order valence-electron chi connectivity index (χ3n) is 3.51. The van der Waals surface area contributed by atoms with Crippen LogP contribution in [0.5, 0.6) is 5.75 Å². The van der Waals surface area contributed by atoms with Crippen LogP contribution in [0.15, 0.2) is 42.5 Å². The Morgan fingerprint density at radius 2 is 1.92 bits per heavy atom. The fraction of sp³-hybridized carbons (Fsp3) is 0.278. The number of nitrogens with one attached hydrogen (secondary N) is 1. The largest absolute Gasteiger partial charge is 0.494 e. The van der Waals surface area contributed by atoms with Gasteiger partial charge >= 0.3 is 5.97 Å². The Kier molecular flexibility index (Phi) is 6.33. The van der Waals surface area contributed by atoms with Gasteiger partial charge in [-0.25, -0.2) is 4.79 Å². The van der Waals surface area contributed by atoms with Gasteiger partial charge in [-0.05, 0) is 42.8 Å². The van der Waals surface area contributed by atoms with E-state index in [4.69, 9.17) is 4.74 Å². The number of hydrogen-bond acceptors (Lipinski definition) is 6. The molecule has 7 heteroatoms. The van der Waals surface area contributed by atoms with Crippen molar-refractivity contribution < 1.29 is 19.2 Å². The first kappa shape index (κ1) is 18.3. The van der Waals surface area contributed by atoms with Gasteiger partial charge in [0.2, 0.25) is 0 Å². The van der Waals surface area contributed by atoms with Crippen molar-refractivity contribution in [1.82, 2.24) is 0 Å². The Morgan fingerprint density at radius 1 is 1.20 bits per heavy atom. The summed E-state index contributed by atoms with van der Waals surface area (Å²) >= 11 is 0. The quantitative estimate of drug-likeness (QED) is 0.332. The van der Waals surface area contributed by atoms with Gasteiger partial charge < -0.3 is 14.8 Å². The molecule has 2 rings (SSSR count). The average Bonchev–Trinajstić information content (AvgIpc) is 2.62. The Morgan fingerprint density at radius 3 is 2.52 bits per heavy atom. The highest BCUT2D eigenvalue weighted by molar-refractivity contribution is 5.92. The van der Waals surface area contributed by atoms with Crippen LogP contribution in [0.25, 0.3) is 0 Å². The number of nitrogens with zero attached hydrogens (tertiary/aromatic N) is 1. The molecule has 0 aliphatic carbocycles. The van der Waals surface area contributed by atoms with Gasteiger partial charge in [-0.3, -0.25) is 10.1 Å². The minimum atomic E-state index is -0.558. The standard InChI is InChI=1S/C18H20N2O5/c1-3-4-11-25-15-8-6-14(7-9-15)19-16-12-13(18(21)24-2)5-10-17(16)20(22)23/h5-10,12,19H,3-4,11H2,1-2H3. The summed E-state index contributed by atoms with van der Waals surface area (Å²) in [7, 11) is 1.26. The molecule has 2 aromatic carbocycles. The fourth-order valence-electron chi connectivity index (χ4n) is 2.16. The Hall–Kier alpha value is -3.09. The maximum atomic E-state index is 11.6. The van der Waals surface area contributed by atoms with E-state index in [0.29, 0.717) is 12.3 Å². The zero-order valence-electron chi connectivity index (χ0n) is 14.2. The molecule has 0 spiro atoms. The zero-order valence-corrected chi connectivity index (χ0v) is 14.2. The monoisotopic (exact) mass is 344 g/mol. The molecular weight excluding hydrogens is 324 g/mol. The molecule has 0 fully saturated rings. The molecule has 0 radical (unpaired) electrons. The van der Waals surface area contributed by atoms with Crippen LogP contribution in [0.4, 0.5) is 17.1 Å². The van der Waals surface area contributed by atoms with Crippen LogP contribution in [0.2, 0.25) is 0 Å². The fourth-order valence-corrected chi connectivity index (χ4v) is 2.16. The highest BCUT2D eigenvalue weighted by Gasteiger charge is 2.17. The predicted molar refractivity (Wildman–Crippen MR) is 94.6 cm³/mol. The first-order valence-corrected chi connectivity index (χ1v) is 7.91. The number of carbonyl (C=O) groups excluding carboxylic acids is 1. The predicted octanol–water partition coefficient (Wildman–Crippen LogP) is 4.30. The van der Waals surface area contributed by atoms with Crippen molar-refractivity contribution in [1.29, 1.82) is 0 Å². The number of benzene rings is 2. The SMILES string of the molecule is CCCCOc1ccc(Nc2cc(C(=O)OC)ccc2[N+](=O)[O-])cc1. The van der Waals surface area contributed by atoms with Crippen molar-refractivity contribution in [2.45, 2.75) is 19.8 Å². The lowest BCUT2D eigenvalue weighted by Crippen LogP contribution is -2.04. The lowest BCUT2D eigenvalue weighted by molar-refractivity contribution is -0.383. The van der Waals surface area contributed by atoms with Gasteiger partial charge in [0, 0.05) is 11.8 Å². The van der Waals surface area contributed by atoms with E-state index in [9.17, 15) is 14.9 Å². The van der Waals surface area contributed by atoms with Crippen LogP contribution in [0, 0.1) is 10.1 Å². The van der Waals surface area contributed by atoms with E-state index in [1.54, 1.807) is 24.3 Å². The maximum Gasteiger partial charge on any atom is 0.337 e. The number of unbranched alkanes of at least 4 members (excludes halogenated alkanes) is 1. The molecule has 0 saturated heterocycles. The third kappa shape index (κ3) is 4.94. The molecule has 0 heterocycles. The normalized spacial score (nSPS) is 10.2. The molecule has 0 unspecified atom stereocenters. The van der Waals surface area contributed by atoms with Gasteiger partial charge in [0.25, 0.3) is 5.69 Å². The summed E-state index contributed by atoms with van der Waals surface area (Å²) in [6.45, 7) is 2.74. The van der Waals surface area contributed by atoms with Crippen molar-refractivity contribution in [3.8, 4) is 5.75 Å². The molecule has 2 aromatic rings. The highest BCUT2D eigenvalue weighted by Crippen LogP contribution is 2.29. The van der Waals surface area contributed by atoms with Crippen LogP contribution >= 0.6 is 0 Å². The molecular formula is C18H20N2O5. The number of nitro benzene ring substituents is 1. The van der Waals surface area contributed by atoms with E-state index in [-0.39, 0.29) is 16.9 Å². The minimum absolute atomic E-state index is 0.129. The second-order valence-corrected chi connectivity index (χ2v) is 5.33. The molecule has 132 valence electrons. The molecule has 1 N–H and O–H groups in total. The molecule has 0 atom stereocenters. The first-order valence-electron chi connectivity index (χ1n) is 7.91. The average molecular weight is 344 g/mol. The lowest BCUT2D eigenvalue weighted by atomic mass is 10.1. The Labute approximate surface area is 145 Å². The summed E-state index contributed by atoms with van der Waals surface area (Å²) in [6, 6.07) is 11.1. The van der Waals surface area contributed by atoms with E-state index in [0.717, 1.165) is 18.6 Å². The van der Waals surface area contributed by atoms with Crippen molar-refractivity contribution in [3.05, 3.63) is 58.1 Å².